The van der Waals surface area contributed by atoms with Crippen LogP contribution in [0.2, 0.25) is 0 Å². The second kappa shape index (κ2) is 7.17. The molecule has 0 aromatic rings. The van der Waals surface area contributed by atoms with Gasteiger partial charge < -0.3 is 20.5 Å². The molecule has 0 aromatic heterocycles. The first-order valence-electron chi connectivity index (χ1n) is 5.86. The van der Waals surface area contributed by atoms with E-state index in [1.807, 2.05) is 0 Å². The molecular weight excluding hydrogens is 192 g/mol. The van der Waals surface area contributed by atoms with Crippen LogP contribution in [-0.4, -0.2) is 56.0 Å². The van der Waals surface area contributed by atoms with Crippen molar-refractivity contribution >= 4 is 0 Å². The van der Waals surface area contributed by atoms with E-state index in [1.54, 1.807) is 0 Å². The average molecular weight is 216 g/mol. The first-order valence-corrected chi connectivity index (χ1v) is 5.86. The molecular formula is C11H24N2O2. The molecule has 0 aromatic carbocycles. The molecule has 0 amide bonds. The topological polar surface area (TPSA) is 58.7 Å². The van der Waals surface area contributed by atoms with Crippen molar-refractivity contribution in [3.63, 3.8) is 0 Å². The third kappa shape index (κ3) is 5.47. The predicted molar refractivity (Wildman–Crippen MR) is 60.7 cm³/mol. The van der Waals surface area contributed by atoms with Gasteiger partial charge in [-0.25, -0.2) is 0 Å². The van der Waals surface area contributed by atoms with E-state index in [4.69, 9.17) is 10.5 Å². The maximum absolute atomic E-state index is 9.34. The van der Waals surface area contributed by atoms with Gasteiger partial charge in [0.25, 0.3) is 0 Å². The molecule has 4 nitrogen and oxygen atoms in total. The van der Waals surface area contributed by atoms with E-state index in [0.717, 1.165) is 32.7 Å². The van der Waals surface area contributed by atoms with Crippen molar-refractivity contribution in [3.05, 3.63) is 0 Å². The van der Waals surface area contributed by atoms with E-state index < -0.39 is 0 Å². The highest BCUT2D eigenvalue weighted by molar-refractivity contribution is 4.68. The van der Waals surface area contributed by atoms with Gasteiger partial charge in [-0.05, 0) is 32.2 Å². The fourth-order valence-electron chi connectivity index (χ4n) is 1.97. The SMILES string of the molecule is CN(CCC(O)CN)CC1CCCOC1. The third-order valence-electron chi connectivity index (χ3n) is 2.94. The zero-order chi connectivity index (χ0) is 11.1. The molecule has 15 heavy (non-hydrogen) atoms. The number of hydrogen-bond acceptors (Lipinski definition) is 4. The van der Waals surface area contributed by atoms with Gasteiger partial charge in [0, 0.05) is 26.2 Å². The van der Waals surface area contributed by atoms with E-state index in [9.17, 15) is 5.11 Å². The van der Waals surface area contributed by atoms with Crippen LogP contribution in [0.4, 0.5) is 0 Å². The molecule has 1 fully saturated rings. The van der Waals surface area contributed by atoms with E-state index in [-0.39, 0.29) is 6.10 Å². The summed E-state index contributed by atoms with van der Waals surface area (Å²) in [5, 5.41) is 9.34. The largest absolute Gasteiger partial charge is 0.392 e. The molecule has 0 radical (unpaired) electrons. The minimum atomic E-state index is -0.352. The standard InChI is InChI=1S/C11H24N2O2/c1-13(5-4-11(14)7-12)8-10-3-2-6-15-9-10/h10-11,14H,2-9,12H2,1H3. The Labute approximate surface area is 92.4 Å². The zero-order valence-electron chi connectivity index (χ0n) is 9.69. The molecule has 1 aliphatic rings. The fraction of sp³-hybridized carbons (Fsp3) is 1.00. The number of aliphatic hydroxyl groups excluding tert-OH is 1. The molecule has 2 atom stereocenters. The lowest BCUT2D eigenvalue weighted by Gasteiger charge is -2.27. The van der Waals surface area contributed by atoms with Crippen LogP contribution in [0.1, 0.15) is 19.3 Å². The number of nitrogens with zero attached hydrogens (tertiary/aromatic N) is 1. The summed E-state index contributed by atoms with van der Waals surface area (Å²) >= 11 is 0. The Morgan fingerprint density at radius 3 is 3.00 bits per heavy atom. The lowest BCUT2D eigenvalue weighted by molar-refractivity contribution is 0.0401. The molecule has 0 bridgehead atoms. The molecule has 1 aliphatic heterocycles. The Morgan fingerprint density at radius 2 is 2.40 bits per heavy atom. The molecule has 3 N–H and O–H groups in total. The van der Waals surface area contributed by atoms with Crippen molar-refractivity contribution in [1.82, 2.24) is 4.90 Å². The van der Waals surface area contributed by atoms with Crippen LogP contribution in [0, 0.1) is 5.92 Å². The number of hydrogen-bond donors (Lipinski definition) is 2. The van der Waals surface area contributed by atoms with Gasteiger partial charge in [0.05, 0.1) is 12.7 Å². The van der Waals surface area contributed by atoms with Gasteiger partial charge in [-0.3, -0.25) is 0 Å². The smallest absolute Gasteiger partial charge is 0.0674 e. The maximum Gasteiger partial charge on any atom is 0.0674 e. The fourth-order valence-corrected chi connectivity index (χ4v) is 1.97. The summed E-state index contributed by atoms with van der Waals surface area (Å²) < 4.78 is 5.43. The van der Waals surface area contributed by atoms with Gasteiger partial charge in [0.2, 0.25) is 0 Å². The summed E-state index contributed by atoms with van der Waals surface area (Å²) in [6, 6.07) is 0. The molecule has 2 unspecified atom stereocenters. The van der Waals surface area contributed by atoms with Crippen LogP contribution in [0.3, 0.4) is 0 Å². The number of ether oxygens (including phenoxy) is 1. The lowest BCUT2D eigenvalue weighted by atomic mass is 10.0. The summed E-state index contributed by atoms with van der Waals surface area (Å²) in [7, 11) is 2.10. The van der Waals surface area contributed by atoms with Crippen molar-refractivity contribution in [2.24, 2.45) is 11.7 Å². The van der Waals surface area contributed by atoms with E-state index >= 15 is 0 Å². The molecule has 1 rings (SSSR count). The Bertz CT molecular complexity index is 161. The normalized spacial score (nSPS) is 24.4. The Hall–Kier alpha value is -0.160. The Morgan fingerprint density at radius 1 is 1.60 bits per heavy atom. The van der Waals surface area contributed by atoms with Crippen molar-refractivity contribution in [3.8, 4) is 0 Å². The van der Waals surface area contributed by atoms with Crippen LogP contribution in [0.25, 0.3) is 0 Å². The Kier molecular flexibility index (Phi) is 6.17. The highest BCUT2D eigenvalue weighted by atomic mass is 16.5. The molecule has 0 saturated carbocycles. The minimum Gasteiger partial charge on any atom is -0.392 e. The summed E-state index contributed by atoms with van der Waals surface area (Å²) in [5.74, 6) is 0.666. The highest BCUT2D eigenvalue weighted by Crippen LogP contribution is 2.14. The summed E-state index contributed by atoms with van der Waals surface area (Å²) in [4.78, 5) is 2.26. The molecule has 4 heteroatoms. The van der Waals surface area contributed by atoms with Crippen molar-refractivity contribution < 1.29 is 9.84 Å². The van der Waals surface area contributed by atoms with Crippen LogP contribution in [0.5, 0.6) is 0 Å². The molecule has 0 spiro atoms. The highest BCUT2D eigenvalue weighted by Gasteiger charge is 2.16. The van der Waals surface area contributed by atoms with E-state index in [2.05, 4.69) is 11.9 Å². The molecule has 0 aliphatic carbocycles. The first-order chi connectivity index (χ1) is 7.22. The number of aliphatic hydroxyl groups is 1. The van der Waals surface area contributed by atoms with Gasteiger partial charge in [-0.1, -0.05) is 0 Å². The summed E-state index contributed by atoms with van der Waals surface area (Å²) in [6.45, 7) is 4.16. The van der Waals surface area contributed by atoms with Gasteiger partial charge in [0.1, 0.15) is 0 Å². The van der Waals surface area contributed by atoms with Gasteiger partial charge in [0.15, 0.2) is 0 Å². The number of nitrogens with two attached hydrogens (primary N) is 1. The quantitative estimate of drug-likeness (QED) is 0.659. The maximum atomic E-state index is 9.34. The van der Waals surface area contributed by atoms with E-state index in [1.165, 1.54) is 12.8 Å². The van der Waals surface area contributed by atoms with Crippen LogP contribution >= 0.6 is 0 Å². The zero-order valence-corrected chi connectivity index (χ0v) is 9.69. The van der Waals surface area contributed by atoms with Crippen molar-refractivity contribution in [1.29, 1.82) is 0 Å². The van der Waals surface area contributed by atoms with Gasteiger partial charge in [-0.2, -0.15) is 0 Å². The van der Waals surface area contributed by atoms with Crippen molar-refractivity contribution in [2.45, 2.75) is 25.4 Å². The summed E-state index contributed by atoms with van der Waals surface area (Å²) in [6.07, 6.45) is 2.86. The molecule has 1 heterocycles. The Balaban J connectivity index is 2.08. The monoisotopic (exact) mass is 216 g/mol. The number of rotatable bonds is 6. The van der Waals surface area contributed by atoms with Crippen LogP contribution in [-0.2, 0) is 4.74 Å². The molecule has 1 saturated heterocycles. The van der Waals surface area contributed by atoms with Crippen molar-refractivity contribution in [2.75, 3.05) is 39.9 Å². The molecule has 90 valence electrons. The van der Waals surface area contributed by atoms with Crippen LogP contribution in [0.15, 0.2) is 0 Å². The predicted octanol–water partition coefficient (Wildman–Crippen LogP) is 0.0545. The second-order valence-corrected chi connectivity index (χ2v) is 4.52. The van der Waals surface area contributed by atoms with E-state index in [0.29, 0.717) is 12.5 Å². The average Bonchev–Trinajstić information content (AvgIpc) is 2.27. The lowest BCUT2D eigenvalue weighted by Crippen LogP contribution is -2.33. The first kappa shape index (κ1) is 12.9. The third-order valence-corrected chi connectivity index (χ3v) is 2.94. The van der Waals surface area contributed by atoms with Gasteiger partial charge >= 0.3 is 0 Å². The van der Waals surface area contributed by atoms with Crippen LogP contribution < -0.4 is 5.73 Å². The minimum absolute atomic E-state index is 0.352. The van der Waals surface area contributed by atoms with Gasteiger partial charge in [-0.15, -0.1) is 0 Å². The second-order valence-electron chi connectivity index (χ2n) is 4.52. The summed E-state index contributed by atoms with van der Waals surface area (Å²) in [5.41, 5.74) is 5.35.